The van der Waals surface area contributed by atoms with Gasteiger partial charge in [-0.1, -0.05) is 60.0 Å². The van der Waals surface area contributed by atoms with Gasteiger partial charge >= 0.3 is 5.97 Å². The van der Waals surface area contributed by atoms with E-state index in [-0.39, 0.29) is 41.8 Å². The minimum Gasteiger partial charge on any atom is -0.506 e. The molecule has 1 saturated heterocycles. The fraction of sp³-hybridized carbons (Fsp3) is 0.462. The van der Waals surface area contributed by atoms with Crippen molar-refractivity contribution in [2.75, 3.05) is 19.7 Å². The Morgan fingerprint density at radius 3 is 2.54 bits per heavy atom. The van der Waals surface area contributed by atoms with Crippen LogP contribution in [0, 0.1) is 5.92 Å². The first-order valence-electron chi connectivity index (χ1n) is 11.8. The highest BCUT2D eigenvalue weighted by Gasteiger charge is 2.26. The van der Waals surface area contributed by atoms with Crippen LogP contribution < -0.4 is 10.6 Å². The van der Waals surface area contributed by atoms with E-state index in [1.54, 1.807) is 6.92 Å². The van der Waals surface area contributed by atoms with Crippen molar-refractivity contribution in [3.63, 3.8) is 0 Å². The maximum atomic E-state index is 13.0. The standard InChI is InChI=1S/C26H32Cl2N2O4.ClH/c1-2-34-26(33)22(15-18-7-4-3-5-8-18)30-25(32)20-16-21(27)19(23(28)24(20)31)10-6-9-17-11-13-29-14-12-17;/h3-5,7-8,16-17,22,29,31H,2,6,9-15H2,1H3,(H,30,32);1H/t22-;/m1./s1. The Kier molecular flexibility index (Phi) is 12.1. The van der Waals surface area contributed by atoms with E-state index in [0.717, 1.165) is 44.3 Å². The van der Waals surface area contributed by atoms with Crippen LogP contribution >= 0.6 is 35.6 Å². The van der Waals surface area contributed by atoms with Crippen LogP contribution in [0.2, 0.25) is 10.0 Å². The van der Waals surface area contributed by atoms with Crippen molar-refractivity contribution in [3.8, 4) is 5.75 Å². The lowest BCUT2D eigenvalue weighted by Gasteiger charge is -2.22. The minimum absolute atomic E-state index is 0. The van der Waals surface area contributed by atoms with Crippen LogP contribution in [0.1, 0.15) is 54.1 Å². The van der Waals surface area contributed by atoms with Gasteiger partial charge in [-0.2, -0.15) is 0 Å². The lowest BCUT2D eigenvalue weighted by Crippen LogP contribution is -2.43. The minimum atomic E-state index is -0.920. The zero-order valence-corrected chi connectivity index (χ0v) is 22.1. The van der Waals surface area contributed by atoms with Gasteiger partial charge in [0.25, 0.3) is 5.91 Å². The van der Waals surface area contributed by atoms with E-state index in [1.165, 1.54) is 6.07 Å². The molecular formula is C26H33Cl3N2O4. The maximum Gasteiger partial charge on any atom is 0.328 e. The van der Waals surface area contributed by atoms with E-state index in [1.807, 2.05) is 30.3 Å². The third-order valence-corrected chi connectivity index (χ3v) is 6.93. The van der Waals surface area contributed by atoms with Crippen molar-refractivity contribution in [1.82, 2.24) is 10.6 Å². The van der Waals surface area contributed by atoms with Crippen LogP contribution in [0.5, 0.6) is 5.75 Å². The summed E-state index contributed by atoms with van der Waals surface area (Å²) in [5.74, 6) is -0.841. The molecule has 0 aliphatic carbocycles. The predicted octanol–water partition coefficient (Wildman–Crippen LogP) is 5.35. The number of carbonyl (C=O) groups is 2. The molecule has 6 nitrogen and oxygen atoms in total. The highest BCUT2D eigenvalue weighted by molar-refractivity contribution is 6.37. The molecule has 0 aromatic heterocycles. The van der Waals surface area contributed by atoms with Gasteiger partial charge in [0, 0.05) is 11.4 Å². The molecule has 3 rings (SSSR count). The molecule has 1 amide bonds. The first-order chi connectivity index (χ1) is 16.4. The van der Waals surface area contributed by atoms with Gasteiger partial charge in [-0.3, -0.25) is 4.79 Å². The molecule has 0 bridgehead atoms. The van der Waals surface area contributed by atoms with Crippen LogP contribution in [0.25, 0.3) is 0 Å². The van der Waals surface area contributed by atoms with Crippen LogP contribution in [-0.4, -0.2) is 42.7 Å². The number of nitrogens with one attached hydrogen (secondary N) is 2. The van der Waals surface area contributed by atoms with Gasteiger partial charge in [0.2, 0.25) is 0 Å². The summed E-state index contributed by atoms with van der Waals surface area (Å²) in [6.45, 7) is 3.99. The van der Waals surface area contributed by atoms with Crippen LogP contribution in [0.4, 0.5) is 0 Å². The Balaban J connectivity index is 0.00000432. The number of hydrogen-bond donors (Lipinski definition) is 3. The maximum absolute atomic E-state index is 13.0. The largest absolute Gasteiger partial charge is 0.506 e. The molecule has 0 radical (unpaired) electrons. The van der Waals surface area contributed by atoms with Crippen molar-refractivity contribution < 1.29 is 19.4 Å². The van der Waals surface area contributed by atoms with Gasteiger partial charge in [-0.25, -0.2) is 4.79 Å². The van der Waals surface area contributed by atoms with E-state index in [2.05, 4.69) is 10.6 Å². The second-order valence-electron chi connectivity index (χ2n) is 8.60. The van der Waals surface area contributed by atoms with Crippen LogP contribution in [-0.2, 0) is 22.4 Å². The topological polar surface area (TPSA) is 87.7 Å². The summed E-state index contributed by atoms with van der Waals surface area (Å²) in [6.07, 6.45) is 5.17. The number of rotatable bonds is 10. The average Bonchev–Trinajstić information content (AvgIpc) is 2.84. The third kappa shape index (κ3) is 8.28. The lowest BCUT2D eigenvalue weighted by molar-refractivity contribution is -0.145. The zero-order valence-electron chi connectivity index (χ0n) is 19.8. The number of aromatic hydroxyl groups is 1. The second kappa shape index (κ2) is 14.5. The number of phenolic OH excluding ortho intramolecular Hbond substituents is 1. The first-order valence-corrected chi connectivity index (χ1v) is 12.6. The number of benzene rings is 2. The average molecular weight is 544 g/mol. The summed E-state index contributed by atoms with van der Waals surface area (Å²) in [7, 11) is 0. The summed E-state index contributed by atoms with van der Waals surface area (Å²) in [4.78, 5) is 25.5. The van der Waals surface area contributed by atoms with Crippen LogP contribution in [0.3, 0.4) is 0 Å². The summed E-state index contributed by atoms with van der Waals surface area (Å²) < 4.78 is 5.13. The number of amides is 1. The highest BCUT2D eigenvalue weighted by Crippen LogP contribution is 2.37. The molecule has 9 heteroatoms. The van der Waals surface area contributed by atoms with Crippen molar-refractivity contribution in [2.45, 2.75) is 51.5 Å². The molecule has 1 heterocycles. The third-order valence-electron chi connectivity index (χ3n) is 6.19. The SMILES string of the molecule is CCOC(=O)[C@@H](Cc1ccccc1)NC(=O)c1cc(Cl)c(CCCC2CCNCC2)c(Cl)c1O.Cl. The molecule has 0 saturated carbocycles. The normalized spacial score (nSPS) is 14.6. The number of phenols is 1. The summed E-state index contributed by atoms with van der Waals surface area (Å²) in [5.41, 5.74) is 1.43. The molecule has 3 N–H and O–H groups in total. The van der Waals surface area contributed by atoms with Crippen molar-refractivity contribution in [2.24, 2.45) is 5.92 Å². The number of esters is 1. The fourth-order valence-electron chi connectivity index (χ4n) is 4.31. The van der Waals surface area contributed by atoms with Gasteiger partial charge in [-0.05, 0) is 68.8 Å². The molecule has 0 unspecified atom stereocenters. The van der Waals surface area contributed by atoms with Crippen molar-refractivity contribution in [1.29, 1.82) is 0 Å². The van der Waals surface area contributed by atoms with E-state index < -0.39 is 17.9 Å². The molecule has 0 spiro atoms. The van der Waals surface area contributed by atoms with Crippen molar-refractivity contribution in [3.05, 3.63) is 63.1 Å². The quantitative estimate of drug-likeness (QED) is 0.352. The Morgan fingerprint density at radius 1 is 1.20 bits per heavy atom. The fourth-order valence-corrected chi connectivity index (χ4v) is 4.95. The zero-order chi connectivity index (χ0) is 24.5. The summed E-state index contributed by atoms with van der Waals surface area (Å²) in [5, 5.41) is 17.1. The molecule has 192 valence electrons. The molecule has 1 aliphatic heterocycles. The Bertz CT molecular complexity index is 982. The number of piperidine rings is 1. The second-order valence-corrected chi connectivity index (χ2v) is 9.39. The van der Waals surface area contributed by atoms with E-state index in [9.17, 15) is 14.7 Å². The summed E-state index contributed by atoms with van der Waals surface area (Å²) >= 11 is 12.9. The molecule has 2 aromatic rings. The number of carbonyl (C=O) groups excluding carboxylic acids is 2. The molecule has 1 aliphatic rings. The smallest absolute Gasteiger partial charge is 0.328 e. The Hall–Kier alpha value is -1.99. The van der Waals surface area contributed by atoms with Gasteiger partial charge in [0.05, 0.1) is 17.2 Å². The van der Waals surface area contributed by atoms with E-state index in [0.29, 0.717) is 22.9 Å². The lowest BCUT2D eigenvalue weighted by atomic mass is 9.91. The molecule has 1 atom stereocenters. The first kappa shape index (κ1) is 29.2. The van der Waals surface area contributed by atoms with Crippen molar-refractivity contribution >= 4 is 47.5 Å². The molecule has 2 aromatic carbocycles. The molecule has 35 heavy (non-hydrogen) atoms. The molecule has 1 fully saturated rings. The number of ether oxygens (including phenoxy) is 1. The van der Waals surface area contributed by atoms with E-state index in [4.69, 9.17) is 27.9 Å². The van der Waals surface area contributed by atoms with Gasteiger partial charge in [0.15, 0.2) is 0 Å². The number of hydrogen-bond acceptors (Lipinski definition) is 5. The van der Waals surface area contributed by atoms with Gasteiger partial charge < -0.3 is 20.5 Å². The van der Waals surface area contributed by atoms with Crippen LogP contribution in [0.15, 0.2) is 36.4 Å². The van der Waals surface area contributed by atoms with E-state index >= 15 is 0 Å². The predicted molar refractivity (Wildman–Crippen MR) is 142 cm³/mol. The summed E-state index contributed by atoms with van der Waals surface area (Å²) in [6, 6.07) is 9.81. The number of halogens is 3. The molecular weight excluding hydrogens is 511 g/mol. The Labute approximate surface area is 223 Å². The monoisotopic (exact) mass is 542 g/mol. The highest BCUT2D eigenvalue weighted by atomic mass is 35.5. The Morgan fingerprint density at radius 2 is 1.89 bits per heavy atom. The van der Waals surface area contributed by atoms with Gasteiger partial charge in [0.1, 0.15) is 11.8 Å². The van der Waals surface area contributed by atoms with Gasteiger partial charge in [-0.15, -0.1) is 12.4 Å².